The topological polar surface area (TPSA) is 42.0 Å². The molecule has 2 aromatic carbocycles. The molecule has 1 amide bonds. The summed E-state index contributed by atoms with van der Waals surface area (Å²) in [6.07, 6.45) is 1.44. The molecule has 1 aliphatic rings. The lowest BCUT2D eigenvalue weighted by atomic mass is 10.1. The highest BCUT2D eigenvalue weighted by atomic mass is 16.5. The first-order chi connectivity index (χ1) is 12.6. The van der Waals surface area contributed by atoms with Crippen LogP contribution in [0.2, 0.25) is 0 Å². The molecule has 0 radical (unpaired) electrons. The molecule has 1 aliphatic heterocycles. The highest BCUT2D eigenvalue weighted by molar-refractivity contribution is 5.95. The van der Waals surface area contributed by atoms with Crippen LogP contribution in [0.3, 0.4) is 0 Å². The number of hydrogen-bond donors (Lipinski definition) is 0. The zero-order valence-electron chi connectivity index (χ0n) is 15.7. The molecule has 0 saturated heterocycles. The Morgan fingerprint density at radius 2 is 1.92 bits per heavy atom. The van der Waals surface area contributed by atoms with Crippen molar-refractivity contribution in [3.8, 4) is 11.5 Å². The van der Waals surface area contributed by atoms with E-state index in [-0.39, 0.29) is 5.91 Å². The van der Waals surface area contributed by atoms with E-state index in [1.54, 1.807) is 14.2 Å². The predicted molar refractivity (Wildman–Crippen MR) is 103 cm³/mol. The van der Waals surface area contributed by atoms with Gasteiger partial charge in [-0.05, 0) is 31.2 Å². The van der Waals surface area contributed by atoms with E-state index in [0.717, 1.165) is 35.7 Å². The summed E-state index contributed by atoms with van der Waals surface area (Å²) in [6.45, 7) is 2.17. The lowest BCUT2D eigenvalue weighted by Crippen LogP contribution is -2.32. The van der Waals surface area contributed by atoms with Gasteiger partial charge in [-0.25, -0.2) is 0 Å². The Balaban J connectivity index is 1.58. The number of benzene rings is 2. The molecule has 2 aromatic rings. The second-order valence-electron chi connectivity index (χ2n) is 6.56. The van der Waals surface area contributed by atoms with Crippen molar-refractivity contribution in [3.05, 3.63) is 53.6 Å². The number of rotatable bonds is 7. The minimum Gasteiger partial charge on any atom is -0.493 e. The molecule has 0 unspecified atom stereocenters. The van der Waals surface area contributed by atoms with Crippen molar-refractivity contribution in [3.63, 3.8) is 0 Å². The molecule has 0 atom stereocenters. The number of fused-ring (bicyclic) bond motifs is 1. The maximum atomic E-state index is 12.6. The summed E-state index contributed by atoms with van der Waals surface area (Å²) in [6, 6.07) is 14.0. The monoisotopic (exact) mass is 354 g/mol. The van der Waals surface area contributed by atoms with Gasteiger partial charge in [-0.3, -0.25) is 4.79 Å². The highest BCUT2D eigenvalue weighted by Gasteiger charge is 2.24. The van der Waals surface area contributed by atoms with Gasteiger partial charge < -0.3 is 19.3 Å². The second-order valence-corrected chi connectivity index (χ2v) is 6.56. The van der Waals surface area contributed by atoms with E-state index in [1.165, 1.54) is 5.56 Å². The minimum absolute atomic E-state index is 0.180. The van der Waals surface area contributed by atoms with Crippen LogP contribution in [0.4, 0.5) is 5.69 Å². The molecule has 0 fully saturated rings. The van der Waals surface area contributed by atoms with Crippen molar-refractivity contribution >= 4 is 11.6 Å². The van der Waals surface area contributed by atoms with Gasteiger partial charge in [0.25, 0.3) is 0 Å². The largest absolute Gasteiger partial charge is 0.493 e. The van der Waals surface area contributed by atoms with E-state index >= 15 is 0 Å². The van der Waals surface area contributed by atoms with Crippen LogP contribution in [-0.2, 0) is 17.8 Å². The molecule has 0 saturated carbocycles. The third-order valence-corrected chi connectivity index (χ3v) is 4.82. The molecule has 1 heterocycles. The SMILES string of the molecule is COc1cccc(CN(C)CCC(=O)N2CCc3ccccc32)c1OC. The summed E-state index contributed by atoms with van der Waals surface area (Å²) in [5.41, 5.74) is 3.37. The molecular formula is C21H26N2O3. The van der Waals surface area contributed by atoms with Crippen molar-refractivity contribution in [1.29, 1.82) is 0 Å². The number of methoxy groups -OCH3 is 2. The first kappa shape index (κ1) is 18.3. The van der Waals surface area contributed by atoms with Gasteiger partial charge >= 0.3 is 0 Å². The van der Waals surface area contributed by atoms with E-state index in [2.05, 4.69) is 11.0 Å². The van der Waals surface area contributed by atoms with Gasteiger partial charge in [-0.1, -0.05) is 30.3 Å². The van der Waals surface area contributed by atoms with E-state index in [9.17, 15) is 4.79 Å². The standard InChI is InChI=1S/C21H26N2O3/c1-22(15-17-8-6-10-19(25-2)21(17)26-3)13-12-20(24)23-14-11-16-7-4-5-9-18(16)23/h4-10H,11-15H2,1-3H3. The predicted octanol–water partition coefficient (Wildman–Crippen LogP) is 3.12. The fourth-order valence-corrected chi connectivity index (χ4v) is 3.47. The van der Waals surface area contributed by atoms with Crippen molar-refractivity contribution < 1.29 is 14.3 Å². The van der Waals surface area contributed by atoms with Crippen molar-refractivity contribution in [2.75, 3.05) is 39.3 Å². The fraction of sp³-hybridized carbons (Fsp3) is 0.381. The van der Waals surface area contributed by atoms with Crippen molar-refractivity contribution in [2.24, 2.45) is 0 Å². The van der Waals surface area contributed by atoms with Gasteiger partial charge in [0.2, 0.25) is 5.91 Å². The van der Waals surface area contributed by atoms with Gasteiger partial charge in [-0.15, -0.1) is 0 Å². The van der Waals surface area contributed by atoms with Gasteiger partial charge in [0.15, 0.2) is 11.5 Å². The molecule has 26 heavy (non-hydrogen) atoms. The van der Waals surface area contributed by atoms with E-state index in [0.29, 0.717) is 19.5 Å². The molecule has 5 heteroatoms. The number of nitrogens with zero attached hydrogens (tertiary/aromatic N) is 2. The minimum atomic E-state index is 0.180. The Kier molecular flexibility index (Phi) is 5.78. The zero-order valence-corrected chi connectivity index (χ0v) is 15.7. The van der Waals surface area contributed by atoms with Crippen LogP contribution >= 0.6 is 0 Å². The van der Waals surface area contributed by atoms with Crippen molar-refractivity contribution in [2.45, 2.75) is 19.4 Å². The molecule has 3 rings (SSSR count). The van der Waals surface area contributed by atoms with Crippen molar-refractivity contribution in [1.82, 2.24) is 4.90 Å². The highest BCUT2D eigenvalue weighted by Crippen LogP contribution is 2.31. The summed E-state index contributed by atoms with van der Waals surface area (Å²) in [4.78, 5) is 16.7. The quantitative estimate of drug-likeness (QED) is 0.766. The summed E-state index contributed by atoms with van der Waals surface area (Å²) >= 11 is 0. The molecule has 5 nitrogen and oxygen atoms in total. The third-order valence-electron chi connectivity index (χ3n) is 4.82. The third kappa shape index (κ3) is 3.83. The van der Waals surface area contributed by atoms with E-state index in [1.807, 2.05) is 48.3 Å². The molecule has 0 bridgehead atoms. The number of anilines is 1. The molecular weight excluding hydrogens is 328 g/mol. The molecule has 138 valence electrons. The van der Waals surface area contributed by atoms with Gasteiger partial charge in [0.1, 0.15) is 0 Å². The first-order valence-corrected chi connectivity index (χ1v) is 8.90. The van der Waals surface area contributed by atoms with Crippen LogP contribution in [-0.4, -0.2) is 45.2 Å². The van der Waals surface area contributed by atoms with Crippen LogP contribution in [0.25, 0.3) is 0 Å². The number of amides is 1. The lowest BCUT2D eigenvalue weighted by molar-refractivity contribution is -0.118. The first-order valence-electron chi connectivity index (χ1n) is 8.90. The molecule has 0 spiro atoms. The smallest absolute Gasteiger partial charge is 0.228 e. The summed E-state index contributed by atoms with van der Waals surface area (Å²) in [5.74, 6) is 1.66. The molecule has 0 aliphatic carbocycles. The fourth-order valence-electron chi connectivity index (χ4n) is 3.47. The number of hydrogen-bond acceptors (Lipinski definition) is 4. The van der Waals surface area contributed by atoms with Gasteiger partial charge in [-0.2, -0.15) is 0 Å². The zero-order chi connectivity index (χ0) is 18.5. The second kappa shape index (κ2) is 8.23. The Bertz CT molecular complexity index is 776. The maximum Gasteiger partial charge on any atom is 0.228 e. The van der Waals surface area contributed by atoms with Crippen LogP contribution in [0.1, 0.15) is 17.5 Å². The van der Waals surface area contributed by atoms with E-state index in [4.69, 9.17) is 9.47 Å². The molecule has 0 aromatic heterocycles. The summed E-state index contributed by atoms with van der Waals surface area (Å²) < 4.78 is 10.8. The maximum absolute atomic E-state index is 12.6. The summed E-state index contributed by atoms with van der Waals surface area (Å²) in [5, 5.41) is 0. The normalized spacial score (nSPS) is 13.0. The van der Waals surface area contributed by atoms with Crippen LogP contribution < -0.4 is 14.4 Å². The Hall–Kier alpha value is -2.53. The number of para-hydroxylation sites is 2. The number of ether oxygens (including phenoxy) is 2. The Morgan fingerprint density at radius 3 is 2.69 bits per heavy atom. The Morgan fingerprint density at radius 1 is 1.12 bits per heavy atom. The lowest BCUT2D eigenvalue weighted by Gasteiger charge is -2.22. The van der Waals surface area contributed by atoms with Crippen LogP contribution in [0, 0.1) is 0 Å². The number of carbonyl (C=O) groups is 1. The Labute approximate surface area is 155 Å². The van der Waals surface area contributed by atoms with Gasteiger partial charge in [0, 0.05) is 37.3 Å². The van der Waals surface area contributed by atoms with Gasteiger partial charge in [0.05, 0.1) is 14.2 Å². The average molecular weight is 354 g/mol. The average Bonchev–Trinajstić information content (AvgIpc) is 3.10. The van der Waals surface area contributed by atoms with Crippen LogP contribution in [0.15, 0.2) is 42.5 Å². The summed E-state index contributed by atoms with van der Waals surface area (Å²) in [7, 11) is 5.30. The number of carbonyl (C=O) groups excluding carboxylic acids is 1. The molecule has 0 N–H and O–H groups in total. The van der Waals surface area contributed by atoms with Crippen LogP contribution in [0.5, 0.6) is 11.5 Å². The van der Waals surface area contributed by atoms with E-state index < -0.39 is 0 Å².